The summed E-state index contributed by atoms with van der Waals surface area (Å²) in [7, 11) is 0. The largest absolute Gasteiger partial charge is 0.480 e. The third-order valence-corrected chi connectivity index (χ3v) is 1.27. The van der Waals surface area contributed by atoms with Gasteiger partial charge in [0.2, 0.25) is 11.8 Å². The Bertz CT molecular complexity index is 239. The summed E-state index contributed by atoms with van der Waals surface area (Å²) < 4.78 is 0. The van der Waals surface area contributed by atoms with E-state index in [4.69, 9.17) is 10.8 Å². The van der Waals surface area contributed by atoms with Crippen LogP contribution in [0.25, 0.3) is 0 Å². The second-order valence-electron chi connectivity index (χ2n) is 2.68. The fourth-order valence-corrected chi connectivity index (χ4v) is 0.565. The van der Waals surface area contributed by atoms with Crippen molar-refractivity contribution >= 4 is 17.8 Å². The number of carbonyl (C=O) groups excluding carboxylic acids is 2. The summed E-state index contributed by atoms with van der Waals surface area (Å²) in [4.78, 5) is 31.7. The third kappa shape index (κ3) is 5.95. The van der Waals surface area contributed by atoms with Crippen LogP contribution in [0.3, 0.4) is 0 Å². The van der Waals surface area contributed by atoms with E-state index in [1.165, 1.54) is 6.92 Å². The van der Waals surface area contributed by atoms with Gasteiger partial charge in [-0.05, 0) is 6.92 Å². The first-order valence-electron chi connectivity index (χ1n) is 3.95. The lowest BCUT2D eigenvalue weighted by Crippen LogP contribution is -2.44. The Balaban J connectivity index is 3.64. The highest BCUT2D eigenvalue weighted by molar-refractivity contribution is 5.88. The quantitative estimate of drug-likeness (QED) is 0.374. The number of nitrogens with one attached hydrogen (secondary N) is 2. The maximum absolute atomic E-state index is 10.9. The molecule has 80 valence electrons. The van der Waals surface area contributed by atoms with Crippen LogP contribution in [0.15, 0.2) is 0 Å². The highest BCUT2D eigenvalue weighted by atomic mass is 16.4. The van der Waals surface area contributed by atoms with E-state index < -0.39 is 30.4 Å². The number of carboxylic acid groups (broad SMARTS) is 1. The van der Waals surface area contributed by atoms with E-state index in [1.807, 2.05) is 0 Å². The van der Waals surface area contributed by atoms with Crippen molar-refractivity contribution in [3.05, 3.63) is 0 Å². The zero-order valence-electron chi connectivity index (χ0n) is 7.74. The van der Waals surface area contributed by atoms with E-state index in [9.17, 15) is 14.4 Å². The highest BCUT2D eigenvalue weighted by Crippen LogP contribution is 1.74. The molecule has 0 aromatic heterocycles. The van der Waals surface area contributed by atoms with Crippen molar-refractivity contribution in [1.82, 2.24) is 10.6 Å². The summed E-state index contributed by atoms with van der Waals surface area (Å²) in [6, 6.07) is -0.692. The van der Waals surface area contributed by atoms with Gasteiger partial charge in [-0.2, -0.15) is 0 Å². The molecule has 0 fully saturated rings. The number of hydrogen-bond donors (Lipinski definition) is 4. The first-order valence-corrected chi connectivity index (χ1v) is 3.95. The van der Waals surface area contributed by atoms with Crippen molar-refractivity contribution < 1.29 is 19.5 Å². The molecule has 0 aliphatic heterocycles. The molecule has 14 heavy (non-hydrogen) atoms. The molecule has 0 saturated heterocycles. The Labute approximate surface area is 80.6 Å². The lowest BCUT2D eigenvalue weighted by atomic mass is 10.6. The minimum Gasteiger partial charge on any atom is -0.480 e. The summed E-state index contributed by atoms with van der Waals surface area (Å²) in [6.45, 7) is 0.741. The van der Waals surface area contributed by atoms with Gasteiger partial charge in [0.25, 0.3) is 0 Å². The minimum atomic E-state index is -1.14. The molecule has 0 heterocycles. The Morgan fingerprint density at radius 3 is 2.29 bits per heavy atom. The van der Waals surface area contributed by atoms with Crippen LogP contribution in [0, 0.1) is 0 Å². The van der Waals surface area contributed by atoms with Gasteiger partial charge in [-0.15, -0.1) is 0 Å². The maximum atomic E-state index is 10.9. The molecular formula is C7H13N3O4. The van der Waals surface area contributed by atoms with Gasteiger partial charge in [0, 0.05) is 0 Å². The van der Waals surface area contributed by atoms with Crippen molar-refractivity contribution in [3.8, 4) is 0 Å². The van der Waals surface area contributed by atoms with E-state index in [1.54, 1.807) is 0 Å². The van der Waals surface area contributed by atoms with Gasteiger partial charge in [0.1, 0.15) is 6.54 Å². The Hall–Kier alpha value is -1.63. The SMILES string of the molecule is C[13C@H](N)C(=O)N[13CH2]C(=O)NCC(=O)O. The van der Waals surface area contributed by atoms with Crippen molar-refractivity contribution in [1.29, 1.82) is 0 Å². The molecule has 0 aliphatic rings. The average molecular weight is 205 g/mol. The zero-order valence-corrected chi connectivity index (χ0v) is 7.74. The molecule has 7 heteroatoms. The fraction of sp³-hybridized carbons (Fsp3) is 0.571. The van der Waals surface area contributed by atoms with Gasteiger partial charge in [-0.25, -0.2) is 0 Å². The minimum absolute atomic E-state index is 0.270. The van der Waals surface area contributed by atoms with Gasteiger partial charge in [0.05, 0.1) is 12.6 Å². The van der Waals surface area contributed by atoms with Crippen LogP contribution >= 0.6 is 0 Å². The van der Waals surface area contributed by atoms with Crippen LogP contribution in [0.1, 0.15) is 6.92 Å². The Morgan fingerprint density at radius 1 is 1.29 bits per heavy atom. The van der Waals surface area contributed by atoms with Crippen LogP contribution in [-0.4, -0.2) is 42.0 Å². The van der Waals surface area contributed by atoms with Crippen LogP contribution in [-0.2, 0) is 14.4 Å². The highest BCUT2D eigenvalue weighted by Gasteiger charge is 2.09. The molecule has 0 bridgehead atoms. The third-order valence-electron chi connectivity index (χ3n) is 1.27. The molecule has 7 nitrogen and oxygen atoms in total. The smallest absolute Gasteiger partial charge is 0.322 e. The van der Waals surface area contributed by atoms with Crippen LogP contribution in [0.5, 0.6) is 0 Å². The molecular weight excluding hydrogens is 192 g/mol. The average Bonchev–Trinajstić information content (AvgIpc) is 2.10. The fourth-order valence-electron chi connectivity index (χ4n) is 0.565. The first-order chi connectivity index (χ1) is 6.43. The van der Waals surface area contributed by atoms with E-state index in [0.717, 1.165) is 0 Å². The van der Waals surface area contributed by atoms with Gasteiger partial charge in [-0.1, -0.05) is 0 Å². The second kappa shape index (κ2) is 5.92. The molecule has 0 unspecified atom stereocenters. The van der Waals surface area contributed by atoms with Crippen molar-refractivity contribution in [3.63, 3.8) is 0 Å². The van der Waals surface area contributed by atoms with Crippen molar-refractivity contribution in [2.24, 2.45) is 5.73 Å². The Kier molecular flexibility index (Phi) is 5.23. The molecule has 0 aromatic carbocycles. The van der Waals surface area contributed by atoms with Crippen LogP contribution in [0.2, 0.25) is 0 Å². The first kappa shape index (κ1) is 12.4. The maximum Gasteiger partial charge on any atom is 0.322 e. The van der Waals surface area contributed by atoms with E-state index >= 15 is 0 Å². The standard InChI is InChI=1S/C7H13N3O4/c1-4(8)7(14)10-2-5(11)9-3-6(12)13/h4H,2-3,8H2,1H3,(H,9,11)(H,10,14)(H,12,13)/t4-/m0/s1/i2+1,4+1. The molecule has 0 aliphatic carbocycles. The summed E-state index contributed by atoms with van der Waals surface area (Å²) in [5.41, 5.74) is 5.21. The van der Waals surface area contributed by atoms with Crippen LogP contribution in [0.4, 0.5) is 0 Å². The lowest BCUT2D eigenvalue weighted by Gasteiger charge is -2.06. The zero-order chi connectivity index (χ0) is 11.1. The molecule has 0 rings (SSSR count). The number of carboxylic acids is 1. The summed E-state index contributed by atoms with van der Waals surface area (Å²) >= 11 is 0. The summed E-state index contributed by atoms with van der Waals surface area (Å²) in [5, 5.41) is 12.5. The summed E-state index contributed by atoms with van der Waals surface area (Å²) in [5.74, 6) is -2.17. The van der Waals surface area contributed by atoms with E-state index in [-0.39, 0.29) is 6.54 Å². The molecule has 5 N–H and O–H groups in total. The molecule has 0 saturated carbocycles. The molecule has 1 atom stereocenters. The molecule has 2 amide bonds. The van der Waals surface area contributed by atoms with E-state index in [2.05, 4.69) is 10.6 Å². The van der Waals surface area contributed by atoms with E-state index in [0.29, 0.717) is 0 Å². The molecule has 0 radical (unpaired) electrons. The number of rotatable bonds is 5. The predicted octanol–water partition coefficient (Wildman–Crippen LogP) is -2.35. The monoisotopic (exact) mass is 205 g/mol. The second-order valence-corrected chi connectivity index (χ2v) is 2.68. The van der Waals surface area contributed by atoms with Crippen LogP contribution < -0.4 is 16.4 Å². The van der Waals surface area contributed by atoms with Gasteiger partial charge >= 0.3 is 5.97 Å². The van der Waals surface area contributed by atoms with Gasteiger partial charge in [0.15, 0.2) is 0 Å². The number of hydrogen-bond acceptors (Lipinski definition) is 4. The van der Waals surface area contributed by atoms with Crippen molar-refractivity contribution in [2.75, 3.05) is 13.1 Å². The van der Waals surface area contributed by atoms with Gasteiger partial charge in [-0.3, -0.25) is 14.4 Å². The topological polar surface area (TPSA) is 122 Å². The number of nitrogens with two attached hydrogens (primary N) is 1. The van der Waals surface area contributed by atoms with Crippen molar-refractivity contribution in [2.45, 2.75) is 13.0 Å². The number of amides is 2. The number of aliphatic carboxylic acids is 1. The summed E-state index contributed by atoms with van der Waals surface area (Å²) in [6.07, 6.45) is 0. The predicted molar refractivity (Wildman–Crippen MR) is 47.3 cm³/mol. The molecule has 0 spiro atoms. The lowest BCUT2D eigenvalue weighted by molar-refractivity contribution is -0.137. The number of carbonyl (C=O) groups is 3. The Morgan fingerprint density at radius 2 is 1.86 bits per heavy atom. The normalized spacial score (nSPS) is 11.6. The van der Waals surface area contributed by atoms with Gasteiger partial charge < -0.3 is 21.5 Å². The molecule has 0 aromatic rings.